The van der Waals surface area contributed by atoms with Crippen molar-refractivity contribution >= 4 is 28.9 Å². The van der Waals surface area contributed by atoms with Crippen LogP contribution in [0.4, 0.5) is 37.7 Å². The number of anilines is 1. The summed E-state index contributed by atoms with van der Waals surface area (Å²) in [6, 6.07) is 2.88. The highest BCUT2D eigenvalue weighted by molar-refractivity contribution is 6.34. The fourth-order valence-electron chi connectivity index (χ4n) is 3.69. The molecule has 2 N–H and O–H groups in total. The van der Waals surface area contributed by atoms with Crippen LogP contribution in [0.25, 0.3) is 0 Å². The predicted octanol–water partition coefficient (Wildman–Crippen LogP) is 5.15. The number of nitro groups is 1. The van der Waals surface area contributed by atoms with Crippen LogP contribution < -0.4 is 10.6 Å². The highest BCUT2D eigenvalue weighted by atomic mass is 35.5. The molecule has 2 aromatic carbocycles. The zero-order chi connectivity index (χ0) is 25.4. The van der Waals surface area contributed by atoms with Crippen LogP contribution in [0.2, 0.25) is 5.02 Å². The van der Waals surface area contributed by atoms with Gasteiger partial charge in [0.2, 0.25) is 5.91 Å². The minimum absolute atomic E-state index is 0.0937. The van der Waals surface area contributed by atoms with E-state index in [1.165, 1.54) is 6.07 Å². The summed E-state index contributed by atoms with van der Waals surface area (Å²) in [5.74, 6) is -2.52. The van der Waals surface area contributed by atoms with Gasteiger partial charge in [-0.3, -0.25) is 20.2 Å². The standard InChI is InChI=1S/C20H13ClF6N4O3/c21-14-6-11(31(33)34)3-4-15(14)30-18(32)16-7-12(17(29-16)20(25,26)27)9-1-2-10(8-28)13(5-9)19(22,23)24/h1-6,12,16-17,29H,7H2,(H,30,32). The lowest BCUT2D eigenvalue weighted by molar-refractivity contribution is -0.384. The number of alkyl halides is 6. The molecule has 14 heteroatoms. The smallest absolute Gasteiger partial charge is 0.323 e. The molecular weight excluding hydrogens is 494 g/mol. The second-order valence-corrected chi connectivity index (χ2v) is 7.81. The number of carbonyl (C=O) groups excluding carboxylic acids is 1. The van der Waals surface area contributed by atoms with Crippen molar-refractivity contribution in [3.63, 3.8) is 0 Å². The van der Waals surface area contributed by atoms with E-state index in [0.717, 1.165) is 30.3 Å². The van der Waals surface area contributed by atoms with Crippen LogP contribution in [-0.4, -0.2) is 29.1 Å². The van der Waals surface area contributed by atoms with Gasteiger partial charge in [-0.05, 0) is 30.2 Å². The minimum Gasteiger partial charge on any atom is -0.323 e. The van der Waals surface area contributed by atoms with E-state index in [4.69, 9.17) is 16.9 Å². The van der Waals surface area contributed by atoms with E-state index in [0.29, 0.717) is 6.07 Å². The molecule has 0 bridgehead atoms. The van der Waals surface area contributed by atoms with E-state index in [1.807, 2.05) is 0 Å². The van der Waals surface area contributed by atoms with Crippen molar-refractivity contribution in [2.75, 3.05) is 5.32 Å². The number of non-ortho nitro benzene ring substituents is 1. The Hall–Kier alpha value is -3.37. The third-order valence-electron chi connectivity index (χ3n) is 5.26. The topological polar surface area (TPSA) is 108 Å². The highest BCUT2D eigenvalue weighted by Crippen LogP contribution is 2.42. The summed E-state index contributed by atoms with van der Waals surface area (Å²) in [6.07, 6.45) is -10.4. The number of nitriles is 1. The number of benzene rings is 2. The van der Waals surface area contributed by atoms with Crippen molar-refractivity contribution in [2.45, 2.75) is 36.8 Å². The van der Waals surface area contributed by atoms with Gasteiger partial charge < -0.3 is 5.32 Å². The van der Waals surface area contributed by atoms with Gasteiger partial charge in [-0.2, -0.15) is 31.6 Å². The molecule has 1 saturated heterocycles. The van der Waals surface area contributed by atoms with E-state index in [9.17, 15) is 41.3 Å². The van der Waals surface area contributed by atoms with Gasteiger partial charge in [0.05, 0.1) is 38.9 Å². The van der Waals surface area contributed by atoms with E-state index < -0.39 is 58.7 Å². The Bertz CT molecular complexity index is 1180. The molecule has 1 amide bonds. The van der Waals surface area contributed by atoms with E-state index >= 15 is 0 Å². The number of hydrogen-bond acceptors (Lipinski definition) is 5. The average Bonchev–Trinajstić information content (AvgIpc) is 3.20. The maximum absolute atomic E-state index is 13.7. The summed E-state index contributed by atoms with van der Waals surface area (Å²) < 4.78 is 80.9. The van der Waals surface area contributed by atoms with Crippen LogP contribution in [0.15, 0.2) is 36.4 Å². The predicted molar refractivity (Wildman–Crippen MR) is 107 cm³/mol. The second-order valence-electron chi connectivity index (χ2n) is 7.41. The van der Waals surface area contributed by atoms with E-state index in [1.54, 1.807) is 0 Å². The van der Waals surface area contributed by atoms with Crippen molar-refractivity contribution in [2.24, 2.45) is 0 Å². The SMILES string of the molecule is N#Cc1ccc(C2CC(C(=O)Nc3ccc([N+](=O)[O-])cc3Cl)NC2C(F)(F)F)cc1C(F)(F)F. The van der Waals surface area contributed by atoms with Crippen molar-refractivity contribution in [3.8, 4) is 6.07 Å². The molecule has 1 aliphatic heterocycles. The maximum atomic E-state index is 13.7. The maximum Gasteiger partial charge on any atom is 0.417 e. The van der Waals surface area contributed by atoms with Gasteiger partial charge in [0, 0.05) is 18.1 Å². The number of hydrogen-bond donors (Lipinski definition) is 2. The first kappa shape index (κ1) is 25.3. The first-order valence-corrected chi connectivity index (χ1v) is 9.79. The Morgan fingerprint density at radius 2 is 1.85 bits per heavy atom. The lowest BCUT2D eigenvalue weighted by Crippen LogP contribution is -2.46. The van der Waals surface area contributed by atoms with Gasteiger partial charge in [0.1, 0.15) is 6.04 Å². The number of rotatable bonds is 4. The normalized spacial score (nSPS) is 20.6. The van der Waals surface area contributed by atoms with Gasteiger partial charge >= 0.3 is 12.4 Å². The molecule has 0 aliphatic carbocycles. The third-order valence-corrected chi connectivity index (χ3v) is 5.57. The summed E-state index contributed by atoms with van der Waals surface area (Å²) in [5.41, 5.74) is -2.93. The summed E-state index contributed by atoms with van der Waals surface area (Å²) in [6.45, 7) is 0. The van der Waals surface area contributed by atoms with Crippen LogP contribution in [0.1, 0.15) is 29.0 Å². The average molecular weight is 507 g/mol. The summed E-state index contributed by atoms with van der Waals surface area (Å²) >= 11 is 5.89. The van der Waals surface area contributed by atoms with Gasteiger partial charge in [-0.1, -0.05) is 17.7 Å². The first-order chi connectivity index (χ1) is 15.7. The van der Waals surface area contributed by atoms with Crippen LogP contribution in [0.5, 0.6) is 0 Å². The molecule has 34 heavy (non-hydrogen) atoms. The summed E-state index contributed by atoms with van der Waals surface area (Å²) in [5, 5.41) is 23.8. The molecular formula is C20H13ClF6N4O3. The van der Waals surface area contributed by atoms with Crippen LogP contribution in [-0.2, 0) is 11.0 Å². The number of nitrogens with one attached hydrogen (secondary N) is 2. The minimum atomic E-state index is -4.97. The molecule has 3 unspecified atom stereocenters. The molecule has 2 aromatic rings. The molecule has 1 heterocycles. The largest absolute Gasteiger partial charge is 0.417 e. The lowest BCUT2D eigenvalue weighted by Gasteiger charge is -2.23. The van der Waals surface area contributed by atoms with E-state index in [-0.39, 0.29) is 22.0 Å². The lowest BCUT2D eigenvalue weighted by atomic mass is 9.88. The van der Waals surface area contributed by atoms with Gasteiger partial charge in [-0.25, -0.2) is 0 Å². The Morgan fingerprint density at radius 3 is 2.38 bits per heavy atom. The van der Waals surface area contributed by atoms with Crippen LogP contribution in [0, 0.1) is 21.4 Å². The number of carbonyl (C=O) groups is 1. The number of amides is 1. The monoisotopic (exact) mass is 506 g/mol. The van der Waals surface area contributed by atoms with Gasteiger partial charge in [0.15, 0.2) is 0 Å². The molecule has 7 nitrogen and oxygen atoms in total. The quantitative estimate of drug-likeness (QED) is 0.338. The summed E-state index contributed by atoms with van der Waals surface area (Å²) in [7, 11) is 0. The first-order valence-electron chi connectivity index (χ1n) is 9.41. The second kappa shape index (κ2) is 9.11. The van der Waals surface area contributed by atoms with Crippen molar-refractivity contribution in [3.05, 3.63) is 68.2 Å². The molecule has 0 saturated carbocycles. The fourth-order valence-corrected chi connectivity index (χ4v) is 3.91. The zero-order valence-corrected chi connectivity index (χ0v) is 17.4. The number of halogens is 7. The molecule has 3 atom stereocenters. The fraction of sp³-hybridized carbons (Fsp3) is 0.300. The molecule has 0 aromatic heterocycles. The van der Waals surface area contributed by atoms with Crippen molar-refractivity contribution in [1.82, 2.24) is 5.32 Å². The number of nitro benzene ring substituents is 1. The number of nitrogens with zero attached hydrogens (tertiary/aromatic N) is 2. The van der Waals surface area contributed by atoms with Gasteiger partial charge in [-0.15, -0.1) is 0 Å². The third kappa shape index (κ3) is 5.23. The highest BCUT2D eigenvalue weighted by Gasteiger charge is 2.52. The molecule has 0 radical (unpaired) electrons. The van der Waals surface area contributed by atoms with Crippen LogP contribution in [0.3, 0.4) is 0 Å². The Balaban J connectivity index is 1.89. The Labute approximate surface area is 192 Å². The molecule has 0 spiro atoms. The van der Waals surface area contributed by atoms with Crippen molar-refractivity contribution < 1.29 is 36.1 Å². The zero-order valence-electron chi connectivity index (χ0n) is 16.7. The summed E-state index contributed by atoms with van der Waals surface area (Å²) in [4.78, 5) is 22.6. The molecule has 1 aliphatic rings. The van der Waals surface area contributed by atoms with Crippen molar-refractivity contribution in [1.29, 1.82) is 5.26 Å². The molecule has 180 valence electrons. The molecule has 1 fully saturated rings. The van der Waals surface area contributed by atoms with Crippen LogP contribution >= 0.6 is 11.6 Å². The van der Waals surface area contributed by atoms with Gasteiger partial charge in [0.25, 0.3) is 5.69 Å². The Morgan fingerprint density at radius 1 is 1.18 bits per heavy atom. The van der Waals surface area contributed by atoms with E-state index in [2.05, 4.69) is 10.6 Å². The Kier molecular flexibility index (Phi) is 6.77. The molecule has 3 rings (SSSR count).